The lowest BCUT2D eigenvalue weighted by Gasteiger charge is -2.07. The van der Waals surface area contributed by atoms with E-state index >= 15 is 0 Å². The zero-order chi connectivity index (χ0) is 8.72. The van der Waals surface area contributed by atoms with Gasteiger partial charge < -0.3 is 5.11 Å². The summed E-state index contributed by atoms with van der Waals surface area (Å²) in [6.07, 6.45) is 1.73. The van der Waals surface area contributed by atoms with E-state index in [0.717, 1.165) is 18.4 Å². The largest absolute Gasteiger partial charge is 0.388 e. The lowest BCUT2D eigenvalue weighted by Crippen LogP contribution is -1.92. The van der Waals surface area contributed by atoms with Crippen LogP contribution in [-0.4, -0.2) is 5.11 Å². The standard InChI is InChI=1S/C11H14O/c1-7-5-9-3-4-11(12)10(9)6-8(7)2/h5-6,11-12H,3-4H2,1-2H3. The van der Waals surface area contributed by atoms with Gasteiger partial charge in [0.2, 0.25) is 0 Å². The minimum absolute atomic E-state index is 0.209. The van der Waals surface area contributed by atoms with Crippen LogP contribution in [0.15, 0.2) is 12.1 Å². The van der Waals surface area contributed by atoms with E-state index in [1.165, 1.54) is 16.7 Å². The van der Waals surface area contributed by atoms with Crippen molar-refractivity contribution in [2.45, 2.75) is 32.8 Å². The van der Waals surface area contributed by atoms with Crippen LogP contribution in [0.2, 0.25) is 0 Å². The van der Waals surface area contributed by atoms with Gasteiger partial charge in [-0.25, -0.2) is 0 Å². The summed E-state index contributed by atoms with van der Waals surface area (Å²) in [5, 5.41) is 9.60. The highest BCUT2D eigenvalue weighted by Crippen LogP contribution is 2.32. The van der Waals surface area contributed by atoms with Crippen LogP contribution in [0.3, 0.4) is 0 Å². The predicted octanol–water partition coefficient (Wildman–Crippen LogP) is 2.28. The van der Waals surface area contributed by atoms with Crippen molar-refractivity contribution in [2.75, 3.05) is 0 Å². The third-order valence-electron chi connectivity index (χ3n) is 2.80. The first-order valence-corrected chi connectivity index (χ1v) is 4.46. The van der Waals surface area contributed by atoms with Gasteiger partial charge in [-0.2, -0.15) is 0 Å². The second-order valence-electron chi connectivity index (χ2n) is 3.69. The molecule has 1 aromatic rings. The molecular formula is C11H14O. The van der Waals surface area contributed by atoms with Gasteiger partial charge in [0.05, 0.1) is 6.10 Å². The molecule has 0 saturated carbocycles. The Morgan fingerprint density at radius 2 is 1.92 bits per heavy atom. The molecule has 1 aromatic carbocycles. The van der Waals surface area contributed by atoms with Crippen LogP contribution in [0, 0.1) is 13.8 Å². The molecule has 12 heavy (non-hydrogen) atoms. The first-order chi connectivity index (χ1) is 5.68. The molecule has 0 heterocycles. The van der Waals surface area contributed by atoms with E-state index in [2.05, 4.69) is 26.0 Å². The van der Waals surface area contributed by atoms with Crippen LogP contribution in [0.25, 0.3) is 0 Å². The SMILES string of the molecule is Cc1cc2c(cc1C)C(O)CC2. The molecule has 1 nitrogen and oxygen atoms in total. The lowest BCUT2D eigenvalue weighted by atomic mass is 10.0. The highest BCUT2D eigenvalue weighted by Gasteiger charge is 2.20. The summed E-state index contributed by atoms with van der Waals surface area (Å²) in [4.78, 5) is 0. The number of aryl methyl sites for hydroxylation is 3. The van der Waals surface area contributed by atoms with Crippen molar-refractivity contribution in [3.05, 3.63) is 34.4 Å². The smallest absolute Gasteiger partial charge is 0.0796 e. The van der Waals surface area contributed by atoms with Gasteiger partial charge in [-0.05, 0) is 48.9 Å². The van der Waals surface area contributed by atoms with Crippen LogP contribution in [-0.2, 0) is 6.42 Å². The van der Waals surface area contributed by atoms with E-state index in [9.17, 15) is 5.11 Å². The van der Waals surface area contributed by atoms with E-state index in [1.54, 1.807) is 0 Å². The van der Waals surface area contributed by atoms with E-state index < -0.39 is 0 Å². The molecule has 0 fully saturated rings. The third kappa shape index (κ3) is 1.05. The molecule has 0 aromatic heterocycles. The van der Waals surface area contributed by atoms with Crippen molar-refractivity contribution in [1.29, 1.82) is 0 Å². The Balaban J connectivity index is 2.56. The number of aliphatic hydroxyl groups is 1. The molecule has 1 heteroatoms. The van der Waals surface area contributed by atoms with E-state index in [0.29, 0.717) is 0 Å². The molecule has 64 valence electrons. The van der Waals surface area contributed by atoms with E-state index in [-0.39, 0.29) is 6.10 Å². The summed E-state index contributed by atoms with van der Waals surface area (Å²) < 4.78 is 0. The molecule has 0 bridgehead atoms. The maximum Gasteiger partial charge on any atom is 0.0796 e. The Morgan fingerprint density at radius 1 is 1.25 bits per heavy atom. The average molecular weight is 162 g/mol. The predicted molar refractivity (Wildman–Crippen MR) is 49.2 cm³/mol. The molecule has 0 amide bonds. The Bertz CT molecular complexity index is 315. The van der Waals surface area contributed by atoms with Gasteiger partial charge in [-0.15, -0.1) is 0 Å². The van der Waals surface area contributed by atoms with Gasteiger partial charge in [0, 0.05) is 0 Å². The van der Waals surface area contributed by atoms with Crippen LogP contribution in [0.5, 0.6) is 0 Å². The van der Waals surface area contributed by atoms with Crippen molar-refractivity contribution in [3.8, 4) is 0 Å². The van der Waals surface area contributed by atoms with Crippen molar-refractivity contribution in [3.63, 3.8) is 0 Å². The molecule has 0 radical (unpaired) electrons. The Labute approximate surface area is 73.0 Å². The van der Waals surface area contributed by atoms with Gasteiger partial charge in [0.25, 0.3) is 0 Å². The summed E-state index contributed by atoms with van der Waals surface area (Å²) in [6, 6.07) is 4.34. The van der Waals surface area contributed by atoms with Crippen LogP contribution in [0.4, 0.5) is 0 Å². The maximum atomic E-state index is 9.60. The molecule has 0 spiro atoms. The highest BCUT2D eigenvalue weighted by molar-refractivity contribution is 5.40. The second-order valence-corrected chi connectivity index (χ2v) is 3.69. The van der Waals surface area contributed by atoms with E-state index in [4.69, 9.17) is 0 Å². The number of rotatable bonds is 0. The van der Waals surface area contributed by atoms with Gasteiger partial charge in [0.15, 0.2) is 0 Å². The lowest BCUT2D eigenvalue weighted by molar-refractivity contribution is 0.180. The molecule has 0 saturated heterocycles. The molecule has 1 unspecified atom stereocenters. The maximum absolute atomic E-state index is 9.60. The first kappa shape index (κ1) is 7.81. The minimum Gasteiger partial charge on any atom is -0.388 e. The molecule has 1 N–H and O–H groups in total. The fraction of sp³-hybridized carbons (Fsp3) is 0.455. The molecule has 2 rings (SSSR count). The van der Waals surface area contributed by atoms with Crippen molar-refractivity contribution in [1.82, 2.24) is 0 Å². The Morgan fingerprint density at radius 3 is 2.67 bits per heavy atom. The van der Waals surface area contributed by atoms with Crippen molar-refractivity contribution >= 4 is 0 Å². The number of hydrogen-bond donors (Lipinski definition) is 1. The average Bonchev–Trinajstić information content (AvgIpc) is 2.35. The third-order valence-corrected chi connectivity index (χ3v) is 2.80. The fourth-order valence-corrected chi connectivity index (χ4v) is 1.87. The molecule has 1 aliphatic rings. The molecular weight excluding hydrogens is 148 g/mol. The van der Waals surface area contributed by atoms with Gasteiger partial charge in [-0.1, -0.05) is 12.1 Å². The zero-order valence-corrected chi connectivity index (χ0v) is 7.59. The highest BCUT2D eigenvalue weighted by atomic mass is 16.3. The minimum atomic E-state index is -0.209. The Kier molecular flexibility index (Phi) is 1.69. The summed E-state index contributed by atoms with van der Waals surface area (Å²) in [6.45, 7) is 4.22. The number of aliphatic hydroxyl groups excluding tert-OH is 1. The topological polar surface area (TPSA) is 20.2 Å². The fourth-order valence-electron chi connectivity index (χ4n) is 1.87. The number of benzene rings is 1. The zero-order valence-electron chi connectivity index (χ0n) is 7.59. The van der Waals surface area contributed by atoms with E-state index in [1.807, 2.05) is 0 Å². The summed E-state index contributed by atoms with van der Waals surface area (Å²) >= 11 is 0. The first-order valence-electron chi connectivity index (χ1n) is 4.46. The van der Waals surface area contributed by atoms with Crippen LogP contribution >= 0.6 is 0 Å². The van der Waals surface area contributed by atoms with Gasteiger partial charge in [0.1, 0.15) is 0 Å². The summed E-state index contributed by atoms with van der Waals surface area (Å²) in [5.74, 6) is 0. The van der Waals surface area contributed by atoms with Gasteiger partial charge in [-0.3, -0.25) is 0 Å². The molecule has 1 aliphatic carbocycles. The van der Waals surface area contributed by atoms with Gasteiger partial charge >= 0.3 is 0 Å². The number of fused-ring (bicyclic) bond motifs is 1. The quantitative estimate of drug-likeness (QED) is 0.620. The summed E-state index contributed by atoms with van der Waals surface area (Å²) in [7, 11) is 0. The second kappa shape index (κ2) is 2.60. The Hall–Kier alpha value is -0.820. The molecule has 0 aliphatic heterocycles. The summed E-state index contributed by atoms with van der Waals surface area (Å²) in [5.41, 5.74) is 5.11. The monoisotopic (exact) mass is 162 g/mol. The number of hydrogen-bond acceptors (Lipinski definition) is 1. The normalized spacial score (nSPS) is 21.1. The van der Waals surface area contributed by atoms with Crippen LogP contribution < -0.4 is 0 Å². The van der Waals surface area contributed by atoms with Crippen LogP contribution in [0.1, 0.15) is 34.8 Å². The van der Waals surface area contributed by atoms with Crippen molar-refractivity contribution in [2.24, 2.45) is 0 Å². The van der Waals surface area contributed by atoms with Crippen molar-refractivity contribution < 1.29 is 5.11 Å². The molecule has 1 atom stereocenters.